The van der Waals surface area contributed by atoms with Gasteiger partial charge in [-0.05, 0) is 42.0 Å². The highest BCUT2D eigenvalue weighted by atomic mass is 35.5. The van der Waals surface area contributed by atoms with Gasteiger partial charge in [0.1, 0.15) is 12.4 Å². The van der Waals surface area contributed by atoms with Gasteiger partial charge in [-0.3, -0.25) is 9.69 Å². The maximum atomic E-state index is 10.8. The number of hydrogen-bond donors (Lipinski definition) is 1. The largest absolute Gasteiger partial charge is 0.489 e. The summed E-state index contributed by atoms with van der Waals surface area (Å²) in [4.78, 5) is 22.1. The molecule has 0 bridgehead atoms. The molecule has 0 saturated carbocycles. The molecule has 0 unspecified atom stereocenters. The average Bonchev–Trinajstić information content (AvgIpc) is 2.78. The number of nitrogens with zero attached hydrogens (tertiary/aromatic N) is 3. The minimum Gasteiger partial charge on any atom is -0.489 e. The van der Waals surface area contributed by atoms with Crippen molar-refractivity contribution in [1.29, 1.82) is 0 Å². The van der Waals surface area contributed by atoms with Crippen molar-refractivity contribution in [2.75, 3.05) is 13.1 Å². The number of rotatable bonds is 7. The van der Waals surface area contributed by atoms with Crippen LogP contribution in [0.25, 0.3) is 11.4 Å². The Bertz CT molecular complexity index is 1090. The molecular formula is C23H21Cl2N3O3. The molecule has 0 fully saturated rings. The fourth-order valence-corrected chi connectivity index (χ4v) is 3.78. The highest BCUT2D eigenvalue weighted by molar-refractivity contribution is 6.42. The predicted octanol–water partition coefficient (Wildman–Crippen LogP) is 4.86. The van der Waals surface area contributed by atoms with Gasteiger partial charge in [-0.25, -0.2) is 9.97 Å². The van der Waals surface area contributed by atoms with Crippen LogP contribution in [0.15, 0.2) is 48.7 Å². The van der Waals surface area contributed by atoms with E-state index in [0.717, 1.165) is 41.1 Å². The van der Waals surface area contributed by atoms with Gasteiger partial charge >= 0.3 is 5.97 Å². The number of aromatic nitrogens is 2. The van der Waals surface area contributed by atoms with E-state index in [1.54, 1.807) is 12.1 Å². The molecule has 2 aromatic carbocycles. The highest BCUT2D eigenvalue weighted by Gasteiger charge is 2.19. The molecular weight excluding hydrogens is 437 g/mol. The number of hydrogen-bond acceptors (Lipinski definition) is 5. The first-order valence-corrected chi connectivity index (χ1v) is 10.7. The van der Waals surface area contributed by atoms with Crippen molar-refractivity contribution in [3.8, 4) is 17.1 Å². The molecule has 1 aliphatic rings. The van der Waals surface area contributed by atoms with Gasteiger partial charge < -0.3 is 9.84 Å². The van der Waals surface area contributed by atoms with Crippen LogP contribution in [-0.4, -0.2) is 39.0 Å². The van der Waals surface area contributed by atoms with Crippen molar-refractivity contribution in [3.63, 3.8) is 0 Å². The maximum absolute atomic E-state index is 10.8. The minimum absolute atomic E-state index is 0.147. The number of fused-ring (bicyclic) bond motifs is 1. The van der Waals surface area contributed by atoms with E-state index in [2.05, 4.69) is 9.88 Å². The lowest BCUT2D eigenvalue weighted by Crippen LogP contribution is -2.33. The molecule has 0 saturated heterocycles. The SMILES string of the molecule is O=C(O)CCN1CCc2nc(-c3ccc(OCc4ccc(Cl)c(Cl)c4)cc3)ncc2C1. The summed E-state index contributed by atoms with van der Waals surface area (Å²) in [7, 11) is 0. The Balaban J connectivity index is 1.39. The summed E-state index contributed by atoms with van der Waals surface area (Å²) < 4.78 is 5.83. The van der Waals surface area contributed by atoms with Gasteiger partial charge in [-0.15, -0.1) is 0 Å². The third-order valence-electron chi connectivity index (χ3n) is 5.16. The van der Waals surface area contributed by atoms with Crippen LogP contribution in [0.5, 0.6) is 5.75 Å². The summed E-state index contributed by atoms with van der Waals surface area (Å²) in [6.45, 7) is 2.42. The molecule has 3 aromatic rings. The van der Waals surface area contributed by atoms with Gasteiger partial charge in [0.05, 0.1) is 22.2 Å². The van der Waals surface area contributed by atoms with Crippen molar-refractivity contribution in [3.05, 3.63) is 75.5 Å². The van der Waals surface area contributed by atoms with Crippen LogP contribution in [0.4, 0.5) is 0 Å². The summed E-state index contributed by atoms with van der Waals surface area (Å²) in [5, 5.41) is 9.89. The first-order valence-electron chi connectivity index (χ1n) is 9.94. The second-order valence-corrected chi connectivity index (χ2v) is 8.21. The summed E-state index contributed by atoms with van der Waals surface area (Å²) in [6.07, 6.45) is 2.78. The number of halogens is 2. The lowest BCUT2D eigenvalue weighted by molar-refractivity contribution is -0.137. The van der Waals surface area contributed by atoms with Gasteiger partial charge in [0, 0.05) is 43.4 Å². The van der Waals surface area contributed by atoms with Crippen LogP contribution in [0.1, 0.15) is 23.2 Å². The smallest absolute Gasteiger partial charge is 0.304 e. The number of ether oxygens (including phenoxy) is 1. The van der Waals surface area contributed by atoms with Crippen LogP contribution in [0.3, 0.4) is 0 Å². The van der Waals surface area contributed by atoms with Gasteiger partial charge in [-0.1, -0.05) is 29.3 Å². The van der Waals surface area contributed by atoms with Gasteiger partial charge in [0.2, 0.25) is 0 Å². The molecule has 8 heteroatoms. The van der Waals surface area contributed by atoms with Crippen molar-refractivity contribution in [1.82, 2.24) is 14.9 Å². The van der Waals surface area contributed by atoms with E-state index in [1.165, 1.54) is 0 Å². The lowest BCUT2D eigenvalue weighted by atomic mass is 10.1. The molecule has 0 aliphatic carbocycles. The second-order valence-electron chi connectivity index (χ2n) is 7.40. The van der Waals surface area contributed by atoms with E-state index >= 15 is 0 Å². The van der Waals surface area contributed by atoms with Crippen LogP contribution in [-0.2, 0) is 24.4 Å². The second kappa shape index (κ2) is 9.64. The maximum Gasteiger partial charge on any atom is 0.304 e. The van der Waals surface area contributed by atoms with Crippen LogP contribution in [0.2, 0.25) is 10.0 Å². The summed E-state index contributed by atoms with van der Waals surface area (Å²) in [5.74, 6) is 0.636. The molecule has 160 valence electrons. The van der Waals surface area contributed by atoms with Gasteiger partial charge in [-0.2, -0.15) is 0 Å². The van der Waals surface area contributed by atoms with E-state index < -0.39 is 5.97 Å². The first-order chi connectivity index (χ1) is 15.0. The Hall–Kier alpha value is -2.67. The number of aliphatic carboxylic acids is 1. The number of benzene rings is 2. The van der Waals surface area contributed by atoms with E-state index in [9.17, 15) is 4.79 Å². The lowest BCUT2D eigenvalue weighted by Gasteiger charge is -2.27. The molecule has 1 N–H and O–H groups in total. The van der Waals surface area contributed by atoms with Crippen LogP contribution in [0, 0.1) is 0 Å². The summed E-state index contributed by atoms with van der Waals surface area (Å²) >= 11 is 12.0. The molecule has 2 heterocycles. The first kappa shape index (κ1) is 21.6. The quantitative estimate of drug-likeness (QED) is 0.545. The normalized spacial score (nSPS) is 13.6. The highest BCUT2D eigenvalue weighted by Crippen LogP contribution is 2.25. The van der Waals surface area contributed by atoms with Crippen molar-refractivity contribution >= 4 is 29.2 Å². The molecule has 1 aromatic heterocycles. The molecule has 0 amide bonds. The Labute approximate surface area is 190 Å². The molecule has 4 rings (SSSR count). The monoisotopic (exact) mass is 457 g/mol. The Morgan fingerprint density at radius 1 is 1.13 bits per heavy atom. The third kappa shape index (κ3) is 5.53. The van der Waals surface area contributed by atoms with Crippen molar-refractivity contribution in [2.24, 2.45) is 0 Å². The van der Waals surface area contributed by atoms with Crippen molar-refractivity contribution in [2.45, 2.75) is 26.0 Å². The van der Waals surface area contributed by atoms with Crippen LogP contribution >= 0.6 is 23.2 Å². The Kier molecular flexibility index (Phi) is 6.70. The summed E-state index contributed by atoms with van der Waals surface area (Å²) in [6, 6.07) is 13.1. The third-order valence-corrected chi connectivity index (χ3v) is 5.90. The van der Waals surface area contributed by atoms with E-state index in [0.29, 0.717) is 35.6 Å². The van der Waals surface area contributed by atoms with E-state index in [1.807, 2.05) is 36.5 Å². The fourth-order valence-electron chi connectivity index (χ4n) is 3.45. The zero-order chi connectivity index (χ0) is 21.8. The van der Waals surface area contributed by atoms with Crippen molar-refractivity contribution < 1.29 is 14.6 Å². The standard InChI is InChI=1S/C23H21Cl2N3O3/c24-19-6-1-15(11-20(19)25)14-31-18-4-2-16(3-5-18)23-26-12-17-13-28(10-8-22(29)30)9-7-21(17)27-23/h1-6,11-12H,7-10,13-14H2,(H,29,30). The zero-order valence-electron chi connectivity index (χ0n) is 16.7. The number of carbonyl (C=O) groups is 1. The molecule has 6 nitrogen and oxygen atoms in total. The fraction of sp³-hybridized carbons (Fsp3) is 0.261. The predicted molar refractivity (Wildman–Crippen MR) is 119 cm³/mol. The topological polar surface area (TPSA) is 75.5 Å². The molecule has 0 spiro atoms. The minimum atomic E-state index is -0.776. The molecule has 0 atom stereocenters. The zero-order valence-corrected chi connectivity index (χ0v) is 18.2. The number of carboxylic acids is 1. The van der Waals surface area contributed by atoms with E-state index in [4.69, 9.17) is 38.0 Å². The Morgan fingerprint density at radius 3 is 2.68 bits per heavy atom. The average molecular weight is 458 g/mol. The summed E-state index contributed by atoms with van der Waals surface area (Å²) in [5.41, 5.74) is 3.94. The molecule has 0 radical (unpaired) electrons. The molecule has 1 aliphatic heterocycles. The molecule has 31 heavy (non-hydrogen) atoms. The van der Waals surface area contributed by atoms with E-state index in [-0.39, 0.29) is 6.42 Å². The van der Waals surface area contributed by atoms with Gasteiger partial charge in [0.15, 0.2) is 5.82 Å². The van der Waals surface area contributed by atoms with Crippen LogP contribution < -0.4 is 4.74 Å². The number of carboxylic acid groups (broad SMARTS) is 1. The van der Waals surface area contributed by atoms with Gasteiger partial charge in [0.25, 0.3) is 0 Å². The Morgan fingerprint density at radius 2 is 1.94 bits per heavy atom.